The van der Waals surface area contributed by atoms with Crippen LogP contribution in [0, 0.1) is 11.3 Å². The van der Waals surface area contributed by atoms with Crippen LogP contribution in [0.4, 0.5) is 0 Å². The highest BCUT2D eigenvalue weighted by Crippen LogP contribution is 2.26. The molecule has 2 heterocycles. The quantitative estimate of drug-likeness (QED) is 0.826. The van der Waals surface area contributed by atoms with E-state index in [2.05, 4.69) is 38.8 Å². The van der Waals surface area contributed by atoms with E-state index >= 15 is 0 Å². The summed E-state index contributed by atoms with van der Waals surface area (Å²) in [6, 6.07) is 8.49. The maximum absolute atomic E-state index is 8.90. The Balaban J connectivity index is 1.69. The molecule has 3 rings (SSSR count). The van der Waals surface area contributed by atoms with Gasteiger partial charge in [0.1, 0.15) is 0 Å². The number of likely N-dealkylation sites (N-methyl/N-ethyl adjacent to an activating group) is 1. The normalized spacial score (nSPS) is 27.2. The third-order valence-electron chi connectivity index (χ3n) is 4.23. The first-order valence-corrected chi connectivity index (χ1v) is 7.69. The molecule has 0 bridgehead atoms. The zero-order chi connectivity index (χ0) is 14.1. The van der Waals surface area contributed by atoms with Gasteiger partial charge in [0.15, 0.2) is 0 Å². The Morgan fingerprint density at radius 3 is 3.00 bits per heavy atom. The highest BCUT2D eigenvalue weighted by Gasteiger charge is 2.38. The van der Waals surface area contributed by atoms with E-state index in [-0.39, 0.29) is 0 Å². The van der Waals surface area contributed by atoms with Crippen LogP contribution in [0.25, 0.3) is 0 Å². The number of morpholine rings is 1. The van der Waals surface area contributed by atoms with Gasteiger partial charge in [-0.05, 0) is 24.7 Å². The Labute approximate surface area is 128 Å². The number of nitrogens with zero attached hydrogens (tertiary/aromatic N) is 3. The molecule has 2 aliphatic rings. The summed E-state index contributed by atoms with van der Waals surface area (Å²) in [5.74, 6) is 0. The monoisotopic (exact) mass is 335 g/mol. The van der Waals surface area contributed by atoms with Crippen LogP contribution in [-0.2, 0) is 11.3 Å². The molecule has 0 aromatic heterocycles. The fraction of sp³-hybridized carbons (Fsp3) is 0.533. The van der Waals surface area contributed by atoms with Crippen LogP contribution in [0.1, 0.15) is 11.1 Å². The predicted molar refractivity (Wildman–Crippen MR) is 80.3 cm³/mol. The number of fused-ring (bicyclic) bond motifs is 1. The number of halogens is 1. The lowest BCUT2D eigenvalue weighted by molar-refractivity contribution is -0.0370. The van der Waals surface area contributed by atoms with Crippen LogP contribution in [0.15, 0.2) is 22.7 Å². The van der Waals surface area contributed by atoms with Crippen molar-refractivity contribution in [3.63, 3.8) is 0 Å². The molecule has 1 aromatic rings. The van der Waals surface area contributed by atoms with Crippen LogP contribution in [-0.4, -0.2) is 55.2 Å². The minimum atomic E-state index is 0.339. The lowest BCUT2D eigenvalue weighted by Crippen LogP contribution is -2.48. The van der Waals surface area contributed by atoms with Gasteiger partial charge in [0.2, 0.25) is 0 Å². The number of rotatable bonds is 2. The first kappa shape index (κ1) is 14.0. The zero-order valence-corrected chi connectivity index (χ0v) is 13.1. The summed E-state index contributed by atoms with van der Waals surface area (Å²) in [5.41, 5.74) is 1.92. The number of benzene rings is 1. The number of hydrogen-bond donors (Lipinski definition) is 0. The van der Waals surface area contributed by atoms with Crippen LogP contribution >= 0.6 is 15.9 Å². The summed E-state index contributed by atoms with van der Waals surface area (Å²) >= 11 is 3.56. The van der Waals surface area contributed by atoms with Crippen molar-refractivity contribution < 1.29 is 4.74 Å². The zero-order valence-electron chi connectivity index (χ0n) is 11.6. The molecule has 2 fully saturated rings. The van der Waals surface area contributed by atoms with E-state index in [1.807, 2.05) is 18.2 Å². The summed E-state index contributed by atoms with van der Waals surface area (Å²) in [6.07, 6.45) is 0.339. The number of ether oxygens (including phenoxy) is 1. The summed E-state index contributed by atoms with van der Waals surface area (Å²) in [5, 5.41) is 8.90. The lowest BCUT2D eigenvalue weighted by Gasteiger charge is -2.33. The molecule has 106 valence electrons. The minimum Gasteiger partial charge on any atom is -0.374 e. The molecule has 2 saturated heterocycles. The SMILES string of the molecule is CN1CCOC2CN(Cc3ccc(C#N)cc3Br)CC21. The van der Waals surface area contributed by atoms with Crippen molar-refractivity contribution in [3.8, 4) is 6.07 Å². The number of nitriles is 1. The van der Waals surface area contributed by atoms with Crippen molar-refractivity contribution in [2.24, 2.45) is 0 Å². The molecular weight excluding hydrogens is 318 g/mol. The van der Waals surface area contributed by atoms with Gasteiger partial charge in [-0.2, -0.15) is 5.26 Å². The fourth-order valence-corrected chi connectivity index (χ4v) is 3.55. The van der Waals surface area contributed by atoms with Gasteiger partial charge in [-0.25, -0.2) is 0 Å². The Hall–Kier alpha value is -0.930. The standard InChI is InChI=1S/C15H18BrN3O/c1-18-4-5-20-15-10-19(9-14(15)18)8-12-3-2-11(7-17)6-13(12)16/h2-3,6,14-15H,4-5,8-10H2,1H3. The molecule has 0 radical (unpaired) electrons. The average molecular weight is 336 g/mol. The first-order chi connectivity index (χ1) is 9.67. The molecule has 5 heteroatoms. The van der Waals surface area contributed by atoms with Crippen molar-refractivity contribution in [2.45, 2.75) is 18.7 Å². The van der Waals surface area contributed by atoms with Crippen molar-refractivity contribution in [1.82, 2.24) is 9.80 Å². The number of likely N-dealkylation sites (tertiary alicyclic amines) is 1. The van der Waals surface area contributed by atoms with Gasteiger partial charge in [-0.15, -0.1) is 0 Å². The molecular formula is C15H18BrN3O. The maximum Gasteiger partial charge on any atom is 0.0992 e. The summed E-state index contributed by atoms with van der Waals surface area (Å²) in [6.45, 7) is 4.80. The van der Waals surface area contributed by atoms with Crippen LogP contribution in [0.5, 0.6) is 0 Å². The molecule has 0 spiro atoms. The van der Waals surface area contributed by atoms with E-state index in [4.69, 9.17) is 10.00 Å². The predicted octanol–water partition coefficient (Wildman–Crippen LogP) is 1.84. The Morgan fingerprint density at radius 1 is 1.45 bits per heavy atom. The van der Waals surface area contributed by atoms with Gasteiger partial charge in [0.25, 0.3) is 0 Å². The molecule has 2 atom stereocenters. The third-order valence-corrected chi connectivity index (χ3v) is 4.97. The van der Waals surface area contributed by atoms with Gasteiger partial charge < -0.3 is 4.74 Å². The summed E-state index contributed by atoms with van der Waals surface area (Å²) < 4.78 is 6.88. The van der Waals surface area contributed by atoms with Crippen LogP contribution in [0.3, 0.4) is 0 Å². The fourth-order valence-electron chi connectivity index (χ4n) is 3.05. The van der Waals surface area contributed by atoms with E-state index in [1.54, 1.807) is 0 Å². The van der Waals surface area contributed by atoms with Crippen LogP contribution < -0.4 is 0 Å². The van der Waals surface area contributed by atoms with E-state index in [9.17, 15) is 0 Å². The second-order valence-corrected chi connectivity index (χ2v) is 6.42. The lowest BCUT2D eigenvalue weighted by atomic mass is 10.1. The largest absolute Gasteiger partial charge is 0.374 e. The molecule has 2 unspecified atom stereocenters. The highest BCUT2D eigenvalue weighted by molar-refractivity contribution is 9.10. The molecule has 0 N–H and O–H groups in total. The molecule has 0 aliphatic carbocycles. The first-order valence-electron chi connectivity index (χ1n) is 6.90. The topological polar surface area (TPSA) is 39.5 Å². The third kappa shape index (κ3) is 2.75. The van der Waals surface area contributed by atoms with Gasteiger partial charge >= 0.3 is 0 Å². The van der Waals surface area contributed by atoms with E-state index in [0.29, 0.717) is 17.7 Å². The summed E-state index contributed by atoms with van der Waals surface area (Å²) in [7, 11) is 2.18. The van der Waals surface area contributed by atoms with Gasteiger partial charge in [0, 0.05) is 36.7 Å². The van der Waals surface area contributed by atoms with Crippen molar-refractivity contribution >= 4 is 15.9 Å². The van der Waals surface area contributed by atoms with Gasteiger partial charge in [-0.1, -0.05) is 22.0 Å². The molecule has 0 amide bonds. The van der Waals surface area contributed by atoms with E-state index < -0.39 is 0 Å². The van der Waals surface area contributed by atoms with E-state index in [1.165, 1.54) is 5.56 Å². The second kappa shape index (κ2) is 5.82. The second-order valence-electron chi connectivity index (χ2n) is 5.57. The average Bonchev–Trinajstić information content (AvgIpc) is 2.85. The highest BCUT2D eigenvalue weighted by atomic mass is 79.9. The van der Waals surface area contributed by atoms with Crippen molar-refractivity contribution in [1.29, 1.82) is 5.26 Å². The van der Waals surface area contributed by atoms with Crippen molar-refractivity contribution in [2.75, 3.05) is 33.3 Å². The molecule has 0 saturated carbocycles. The minimum absolute atomic E-state index is 0.339. The van der Waals surface area contributed by atoms with Crippen LogP contribution in [0.2, 0.25) is 0 Å². The smallest absolute Gasteiger partial charge is 0.0992 e. The van der Waals surface area contributed by atoms with Gasteiger partial charge in [0.05, 0.1) is 24.3 Å². The van der Waals surface area contributed by atoms with Gasteiger partial charge in [-0.3, -0.25) is 9.80 Å². The summed E-state index contributed by atoms with van der Waals surface area (Å²) in [4.78, 5) is 4.84. The molecule has 4 nitrogen and oxygen atoms in total. The molecule has 20 heavy (non-hydrogen) atoms. The van der Waals surface area contributed by atoms with E-state index in [0.717, 1.165) is 37.3 Å². The van der Waals surface area contributed by atoms with Crippen molar-refractivity contribution in [3.05, 3.63) is 33.8 Å². The molecule has 2 aliphatic heterocycles. The Bertz CT molecular complexity index is 542. The Kier molecular flexibility index (Phi) is 4.08. The number of hydrogen-bond acceptors (Lipinski definition) is 4. The maximum atomic E-state index is 8.90. The Morgan fingerprint density at radius 2 is 2.30 bits per heavy atom. The molecule has 1 aromatic carbocycles.